The molecule has 2 fully saturated rings. The van der Waals surface area contributed by atoms with Gasteiger partial charge in [0.15, 0.2) is 5.96 Å². The van der Waals surface area contributed by atoms with Crippen LogP contribution in [-0.4, -0.2) is 26.2 Å². The minimum atomic E-state index is 0.636. The van der Waals surface area contributed by atoms with Gasteiger partial charge in [-0.25, -0.2) is 4.99 Å². The minimum Gasteiger partial charge on any atom is -0.496 e. The second kappa shape index (κ2) is 7.71. The van der Waals surface area contributed by atoms with Crippen molar-refractivity contribution in [3.8, 4) is 5.75 Å². The first-order valence-electron chi connectivity index (χ1n) is 8.96. The van der Waals surface area contributed by atoms with Gasteiger partial charge in [0.1, 0.15) is 5.75 Å². The molecular weight excluding hydrogens is 286 g/mol. The Hall–Kier alpha value is -1.71. The maximum atomic E-state index is 5.41. The lowest BCUT2D eigenvalue weighted by molar-refractivity contribution is 0.400. The molecule has 0 amide bonds. The average Bonchev–Trinajstić information content (AvgIpc) is 3.46. The van der Waals surface area contributed by atoms with Gasteiger partial charge >= 0.3 is 0 Å². The molecule has 2 aliphatic rings. The van der Waals surface area contributed by atoms with E-state index in [1.807, 2.05) is 18.2 Å². The van der Waals surface area contributed by atoms with Crippen molar-refractivity contribution in [2.24, 2.45) is 22.7 Å². The summed E-state index contributed by atoms with van der Waals surface area (Å²) in [6.07, 6.45) is 5.71. The molecule has 0 aromatic heterocycles. The third kappa shape index (κ3) is 4.63. The lowest BCUT2D eigenvalue weighted by atomic mass is 9.98. The average molecular weight is 315 g/mol. The van der Waals surface area contributed by atoms with E-state index >= 15 is 0 Å². The van der Waals surface area contributed by atoms with Gasteiger partial charge in [-0.15, -0.1) is 0 Å². The Morgan fingerprint density at radius 1 is 1.17 bits per heavy atom. The van der Waals surface area contributed by atoms with E-state index in [2.05, 4.69) is 23.6 Å². The van der Waals surface area contributed by atoms with Crippen molar-refractivity contribution >= 4 is 5.96 Å². The first-order valence-corrected chi connectivity index (χ1v) is 8.96. The Bertz CT molecular complexity index is 523. The van der Waals surface area contributed by atoms with Crippen molar-refractivity contribution in [2.45, 2.75) is 39.2 Å². The smallest absolute Gasteiger partial charge is 0.191 e. The Morgan fingerprint density at radius 3 is 2.48 bits per heavy atom. The SMILES string of the molecule is CCNC(=NCc1ccccc1OC)NCC(C1CC1)C1CC1. The number of para-hydroxylation sites is 1. The number of hydrogen-bond donors (Lipinski definition) is 2. The highest BCUT2D eigenvalue weighted by Gasteiger charge is 2.41. The van der Waals surface area contributed by atoms with Gasteiger partial charge in [-0.2, -0.15) is 0 Å². The summed E-state index contributed by atoms with van der Waals surface area (Å²) in [4.78, 5) is 4.74. The van der Waals surface area contributed by atoms with E-state index < -0.39 is 0 Å². The van der Waals surface area contributed by atoms with Crippen LogP contribution in [0.15, 0.2) is 29.3 Å². The Labute approximate surface area is 139 Å². The molecule has 4 heteroatoms. The summed E-state index contributed by atoms with van der Waals surface area (Å²) >= 11 is 0. The lowest BCUT2D eigenvalue weighted by Gasteiger charge is -2.18. The summed E-state index contributed by atoms with van der Waals surface area (Å²) in [6, 6.07) is 8.08. The van der Waals surface area contributed by atoms with Crippen LogP contribution in [0.5, 0.6) is 5.75 Å². The molecule has 0 aliphatic heterocycles. The number of benzene rings is 1. The van der Waals surface area contributed by atoms with Crippen LogP contribution in [-0.2, 0) is 6.54 Å². The number of guanidine groups is 1. The third-order valence-corrected chi connectivity index (χ3v) is 4.90. The first kappa shape index (κ1) is 16.2. The van der Waals surface area contributed by atoms with Crippen LogP contribution in [0.1, 0.15) is 38.2 Å². The Balaban J connectivity index is 1.58. The highest BCUT2D eigenvalue weighted by atomic mass is 16.5. The van der Waals surface area contributed by atoms with E-state index in [0.717, 1.165) is 48.1 Å². The highest BCUT2D eigenvalue weighted by molar-refractivity contribution is 5.79. The minimum absolute atomic E-state index is 0.636. The summed E-state index contributed by atoms with van der Waals surface area (Å²) in [5.41, 5.74) is 1.12. The van der Waals surface area contributed by atoms with Crippen LogP contribution in [0.4, 0.5) is 0 Å². The van der Waals surface area contributed by atoms with E-state index in [9.17, 15) is 0 Å². The van der Waals surface area contributed by atoms with Crippen molar-refractivity contribution in [1.82, 2.24) is 10.6 Å². The summed E-state index contributed by atoms with van der Waals surface area (Å²) in [7, 11) is 1.71. The Morgan fingerprint density at radius 2 is 1.87 bits per heavy atom. The largest absolute Gasteiger partial charge is 0.496 e. The molecule has 2 aliphatic carbocycles. The predicted octanol–water partition coefficient (Wildman–Crippen LogP) is 3.19. The molecule has 1 aromatic carbocycles. The summed E-state index contributed by atoms with van der Waals surface area (Å²) in [6.45, 7) is 4.69. The summed E-state index contributed by atoms with van der Waals surface area (Å²) < 4.78 is 5.41. The van der Waals surface area contributed by atoms with Crippen molar-refractivity contribution in [2.75, 3.05) is 20.2 Å². The molecule has 4 nitrogen and oxygen atoms in total. The standard InChI is InChI=1S/C19H29N3O/c1-3-20-19(21-12-16-6-4-5-7-18(16)23-2)22-13-17(14-8-9-14)15-10-11-15/h4-7,14-15,17H,3,8-13H2,1-2H3,(H2,20,21,22). The molecule has 3 rings (SSSR count). The van der Waals surface area contributed by atoms with Crippen molar-refractivity contribution in [1.29, 1.82) is 0 Å². The zero-order chi connectivity index (χ0) is 16.1. The van der Waals surface area contributed by atoms with Crippen LogP contribution in [0.3, 0.4) is 0 Å². The number of rotatable bonds is 8. The van der Waals surface area contributed by atoms with Crippen molar-refractivity contribution in [3.05, 3.63) is 29.8 Å². The quantitative estimate of drug-likeness (QED) is 0.572. The molecule has 23 heavy (non-hydrogen) atoms. The van der Waals surface area contributed by atoms with E-state index in [-0.39, 0.29) is 0 Å². The maximum Gasteiger partial charge on any atom is 0.191 e. The monoisotopic (exact) mass is 315 g/mol. The van der Waals surface area contributed by atoms with Crippen molar-refractivity contribution in [3.63, 3.8) is 0 Å². The van der Waals surface area contributed by atoms with Gasteiger partial charge in [0.25, 0.3) is 0 Å². The van der Waals surface area contributed by atoms with Crippen LogP contribution in [0, 0.1) is 17.8 Å². The van der Waals surface area contributed by atoms with E-state index in [1.165, 1.54) is 25.7 Å². The molecule has 2 saturated carbocycles. The number of methoxy groups -OCH3 is 1. The number of nitrogens with one attached hydrogen (secondary N) is 2. The molecule has 0 spiro atoms. The van der Waals surface area contributed by atoms with Crippen LogP contribution in [0.25, 0.3) is 0 Å². The molecule has 0 atom stereocenters. The first-order chi connectivity index (χ1) is 11.3. The van der Waals surface area contributed by atoms with Crippen LogP contribution >= 0.6 is 0 Å². The van der Waals surface area contributed by atoms with Crippen molar-refractivity contribution < 1.29 is 4.74 Å². The van der Waals surface area contributed by atoms with Gasteiger partial charge in [-0.1, -0.05) is 18.2 Å². The van der Waals surface area contributed by atoms with Gasteiger partial charge in [0.05, 0.1) is 13.7 Å². The van der Waals surface area contributed by atoms with E-state index in [1.54, 1.807) is 7.11 Å². The number of ether oxygens (including phenoxy) is 1. The van der Waals surface area contributed by atoms with Gasteiger partial charge < -0.3 is 15.4 Å². The second-order valence-electron chi connectivity index (χ2n) is 6.73. The molecule has 0 radical (unpaired) electrons. The predicted molar refractivity (Wildman–Crippen MR) is 94.8 cm³/mol. The fraction of sp³-hybridized carbons (Fsp3) is 0.632. The fourth-order valence-electron chi connectivity index (χ4n) is 3.32. The topological polar surface area (TPSA) is 45.7 Å². The molecule has 126 valence electrons. The van der Waals surface area contributed by atoms with E-state index in [4.69, 9.17) is 9.73 Å². The fourth-order valence-corrected chi connectivity index (χ4v) is 3.32. The molecule has 0 unspecified atom stereocenters. The Kier molecular flexibility index (Phi) is 5.42. The zero-order valence-electron chi connectivity index (χ0n) is 14.3. The highest BCUT2D eigenvalue weighted by Crippen LogP contribution is 2.48. The maximum absolute atomic E-state index is 5.41. The third-order valence-electron chi connectivity index (χ3n) is 4.90. The van der Waals surface area contributed by atoms with Crippen LogP contribution < -0.4 is 15.4 Å². The van der Waals surface area contributed by atoms with Crippen LogP contribution in [0.2, 0.25) is 0 Å². The lowest BCUT2D eigenvalue weighted by Crippen LogP contribution is -2.40. The van der Waals surface area contributed by atoms with Gasteiger partial charge in [-0.05, 0) is 56.4 Å². The molecular formula is C19H29N3O. The van der Waals surface area contributed by atoms with Gasteiger partial charge in [0.2, 0.25) is 0 Å². The summed E-state index contributed by atoms with van der Waals surface area (Å²) in [5.74, 6) is 4.61. The molecule has 0 saturated heterocycles. The molecule has 1 aromatic rings. The van der Waals surface area contributed by atoms with Gasteiger partial charge in [0, 0.05) is 18.7 Å². The normalized spacial score (nSPS) is 18.1. The summed E-state index contributed by atoms with van der Waals surface area (Å²) in [5, 5.41) is 6.93. The van der Waals surface area contributed by atoms with E-state index in [0.29, 0.717) is 6.54 Å². The second-order valence-corrected chi connectivity index (χ2v) is 6.73. The number of hydrogen-bond acceptors (Lipinski definition) is 2. The number of nitrogens with zero attached hydrogens (tertiary/aromatic N) is 1. The number of aliphatic imine (C=N–C) groups is 1. The molecule has 2 N–H and O–H groups in total. The zero-order valence-corrected chi connectivity index (χ0v) is 14.3. The molecule has 0 heterocycles. The van der Waals surface area contributed by atoms with Gasteiger partial charge in [-0.3, -0.25) is 0 Å². The molecule has 0 bridgehead atoms.